The van der Waals surface area contributed by atoms with Gasteiger partial charge in [-0.05, 0) is 43.5 Å². The molecule has 22 heavy (non-hydrogen) atoms. The predicted octanol–water partition coefficient (Wildman–Crippen LogP) is 4.45. The van der Waals surface area contributed by atoms with Crippen molar-refractivity contribution in [2.75, 3.05) is 11.9 Å². The number of piperidine rings is 1. The van der Waals surface area contributed by atoms with Crippen LogP contribution in [-0.4, -0.2) is 17.5 Å². The third-order valence-electron chi connectivity index (χ3n) is 4.24. The average molecular weight is 297 g/mol. The average Bonchev–Trinajstić information content (AvgIpc) is 2.51. The maximum atomic E-state index is 13.2. The first kappa shape index (κ1) is 15.0. The van der Waals surface area contributed by atoms with Crippen LogP contribution in [-0.2, 0) is 6.54 Å². The van der Waals surface area contributed by atoms with E-state index in [1.807, 2.05) is 6.07 Å². The van der Waals surface area contributed by atoms with Gasteiger partial charge < -0.3 is 5.32 Å². The molecule has 1 heterocycles. The Kier molecular flexibility index (Phi) is 4.74. The summed E-state index contributed by atoms with van der Waals surface area (Å²) in [4.78, 5) is 2.51. The summed E-state index contributed by atoms with van der Waals surface area (Å²) >= 11 is 0. The Balaban J connectivity index is 1.56. The minimum Gasteiger partial charge on any atom is -0.377 e. The summed E-state index contributed by atoms with van der Waals surface area (Å²) in [6.45, 7) is 4.29. The summed E-state index contributed by atoms with van der Waals surface area (Å²) < 4.78 is 13.2. The quantitative estimate of drug-likeness (QED) is 0.896. The first-order chi connectivity index (χ1) is 10.7. The van der Waals surface area contributed by atoms with Crippen molar-refractivity contribution in [1.82, 2.24) is 4.90 Å². The van der Waals surface area contributed by atoms with Crippen molar-refractivity contribution in [3.05, 3.63) is 72.0 Å². The highest BCUT2D eigenvalue weighted by molar-refractivity contribution is 5.46. The highest BCUT2D eigenvalue weighted by Crippen LogP contribution is 2.27. The first-order valence-electron chi connectivity index (χ1n) is 7.86. The monoisotopic (exact) mass is 297 g/mol. The summed E-state index contributed by atoms with van der Waals surface area (Å²) in [6, 6.07) is 19.1. The molecule has 0 aromatic heterocycles. The Bertz CT molecular complexity index is 599. The third kappa shape index (κ3) is 3.86. The summed E-state index contributed by atoms with van der Waals surface area (Å²) in [5.41, 5.74) is 2.20. The molecule has 1 saturated heterocycles. The van der Waals surface area contributed by atoms with Crippen LogP contribution in [0.1, 0.15) is 25.3 Å². The predicted molar refractivity (Wildman–Crippen MR) is 88.8 cm³/mol. The molecule has 1 aliphatic heterocycles. The van der Waals surface area contributed by atoms with Gasteiger partial charge in [-0.15, -0.1) is 0 Å². The normalized spacial score (nSPS) is 20.0. The third-order valence-corrected chi connectivity index (χ3v) is 4.24. The molecule has 3 rings (SSSR count). The molecular weight excluding hydrogens is 275 g/mol. The van der Waals surface area contributed by atoms with Crippen LogP contribution >= 0.6 is 0 Å². The first-order valence-corrected chi connectivity index (χ1v) is 7.86. The van der Waals surface area contributed by atoms with E-state index in [2.05, 4.69) is 47.5 Å². The maximum absolute atomic E-state index is 13.2. The number of nitrogens with one attached hydrogen (secondary N) is 1. The number of likely N-dealkylation sites (tertiary alicyclic amines) is 1. The van der Waals surface area contributed by atoms with Gasteiger partial charge in [0, 0.05) is 24.8 Å². The lowest BCUT2D eigenvalue weighted by atomic mass is 9.97. The van der Waals surface area contributed by atoms with Gasteiger partial charge in [-0.1, -0.05) is 36.4 Å². The second-order valence-corrected chi connectivity index (χ2v) is 6.00. The fourth-order valence-electron chi connectivity index (χ4n) is 3.02. The molecule has 0 spiro atoms. The van der Waals surface area contributed by atoms with E-state index in [4.69, 9.17) is 0 Å². The van der Waals surface area contributed by atoms with Crippen LogP contribution in [0.4, 0.5) is 10.1 Å². The number of halogens is 1. The maximum Gasteiger partial charge on any atom is 0.125 e. The van der Waals surface area contributed by atoms with Gasteiger partial charge in [-0.25, -0.2) is 4.39 Å². The molecule has 3 heteroatoms. The molecule has 2 nitrogen and oxygen atoms in total. The highest BCUT2D eigenvalue weighted by atomic mass is 19.1. The molecule has 0 aliphatic carbocycles. The smallest absolute Gasteiger partial charge is 0.125 e. The molecule has 1 atom stereocenters. The fourth-order valence-corrected chi connectivity index (χ4v) is 3.02. The van der Waals surface area contributed by atoms with E-state index in [1.165, 1.54) is 17.7 Å². The molecule has 115 valence electrons. The largest absolute Gasteiger partial charge is 0.377 e. The second kappa shape index (κ2) is 6.93. The molecule has 0 unspecified atom stereocenters. The van der Waals surface area contributed by atoms with E-state index < -0.39 is 0 Å². The van der Waals surface area contributed by atoms with Gasteiger partial charge in [-0.2, -0.15) is 0 Å². The zero-order chi connectivity index (χ0) is 15.4. The van der Waals surface area contributed by atoms with Gasteiger partial charge >= 0.3 is 0 Å². The number of anilines is 1. The topological polar surface area (TPSA) is 15.3 Å². The zero-order valence-corrected chi connectivity index (χ0v) is 12.9. The number of rotatable bonds is 4. The van der Waals surface area contributed by atoms with Gasteiger partial charge in [0.2, 0.25) is 0 Å². The van der Waals surface area contributed by atoms with E-state index in [9.17, 15) is 4.39 Å². The summed E-state index contributed by atoms with van der Waals surface area (Å²) in [7, 11) is 0. The Morgan fingerprint density at radius 3 is 2.68 bits per heavy atom. The Morgan fingerprint density at radius 2 is 1.95 bits per heavy atom. The summed E-state index contributed by atoms with van der Waals surface area (Å²) in [6.07, 6.45) is 2.01. The van der Waals surface area contributed by atoms with Crippen molar-refractivity contribution >= 4 is 5.69 Å². The minimum absolute atomic E-state index is 0.194. The van der Waals surface area contributed by atoms with E-state index in [0.717, 1.165) is 31.6 Å². The molecular formula is C19H22FN2. The summed E-state index contributed by atoms with van der Waals surface area (Å²) in [5, 5.41) is 3.39. The lowest BCUT2D eigenvalue weighted by Gasteiger charge is -2.37. The van der Waals surface area contributed by atoms with Crippen LogP contribution in [0.2, 0.25) is 0 Å². The fraction of sp³-hybridized carbons (Fsp3) is 0.316. The number of nitrogens with zero attached hydrogens (tertiary/aromatic N) is 1. The summed E-state index contributed by atoms with van der Waals surface area (Å²) in [5.74, 6) is -0.194. The number of benzene rings is 2. The molecule has 1 radical (unpaired) electrons. The van der Waals surface area contributed by atoms with Crippen molar-refractivity contribution in [3.63, 3.8) is 0 Å². The molecule has 1 fully saturated rings. The van der Waals surface area contributed by atoms with E-state index in [-0.39, 0.29) is 5.82 Å². The lowest BCUT2D eigenvalue weighted by molar-refractivity contribution is 0.165. The van der Waals surface area contributed by atoms with Crippen LogP contribution in [0.5, 0.6) is 0 Å². The van der Waals surface area contributed by atoms with Crippen LogP contribution < -0.4 is 5.32 Å². The molecule has 2 aromatic carbocycles. The molecule has 2 aromatic rings. The number of hydrogen-bond donors (Lipinski definition) is 1. The van der Waals surface area contributed by atoms with Crippen LogP contribution in [0, 0.1) is 11.9 Å². The highest BCUT2D eigenvalue weighted by Gasteiger charge is 2.25. The number of hydrogen-bond acceptors (Lipinski definition) is 2. The molecule has 1 aliphatic rings. The minimum atomic E-state index is -0.194. The van der Waals surface area contributed by atoms with Gasteiger partial charge in [0.25, 0.3) is 0 Å². The standard InChI is InChI=1S/C19H22FN2/c1-15-12-19(21-18-9-5-8-17(20)13-18)10-11-22(15)14-16-6-3-2-4-7-16/h2-9,13,15,21H,10-12,14H2,1H3/t15-/m0/s1. The van der Waals surface area contributed by atoms with Gasteiger partial charge in [0.05, 0.1) is 6.04 Å². The SMILES string of the molecule is C[C@H]1C[C](Nc2cccc(F)c2)CCN1Cc1ccccc1. The molecule has 0 amide bonds. The van der Waals surface area contributed by atoms with Gasteiger partial charge in [-0.3, -0.25) is 4.90 Å². The molecule has 1 N–H and O–H groups in total. The molecule has 0 saturated carbocycles. The van der Waals surface area contributed by atoms with Gasteiger partial charge in [0.15, 0.2) is 0 Å². The Labute approximate surface area is 132 Å². The van der Waals surface area contributed by atoms with Crippen LogP contribution in [0.3, 0.4) is 0 Å². The lowest BCUT2D eigenvalue weighted by Crippen LogP contribution is -2.41. The van der Waals surface area contributed by atoms with Crippen molar-refractivity contribution in [2.24, 2.45) is 0 Å². The molecule has 0 bridgehead atoms. The van der Waals surface area contributed by atoms with Gasteiger partial charge in [0.1, 0.15) is 5.82 Å². The van der Waals surface area contributed by atoms with E-state index >= 15 is 0 Å². The van der Waals surface area contributed by atoms with Crippen molar-refractivity contribution in [1.29, 1.82) is 0 Å². The van der Waals surface area contributed by atoms with Crippen LogP contribution in [0.15, 0.2) is 54.6 Å². The Morgan fingerprint density at radius 1 is 1.14 bits per heavy atom. The zero-order valence-electron chi connectivity index (χ0n) is 12.9. The van der Waals surface area contributed by atoms with Crippen LogP contribution in [0.25, 0.3) is 0 Å². The second-order valence-electron chi connectivity index (χ2n) is 6.00. The van der Waals surface area contributed by atoms with Crippen molar-refractivity contribution in [3.8, 4) is 0 Å². The Hall–Kier alpha value is -1.87. The van der Waals surface area contributed by atoms with Crippen molar-refractivity contribution in [2.45, 2.75) is 32.4 Å². The van der Waals surface area contributed by atoms with Crippen molar-refractivity contribution < 1.29 is 4.39 Å². The van der Waals surface area contributed by atoms with E-state index in [1.54, 1.807) is 12.1 Å². The van der Waals surface area contributed by atoms with E-state index in [0.29, 0.717) is 6.04 Å².